The molecule has 0 fully saturated rings. The first-order valence-electron chi connectivity index (χ1n) is 10.7. The number of hydrogen-bond acceptors (Lipinski definition) is 5. The van der Waals surface area contributed by atoms with E-state index in [0.717, 1.165) is 16.5 Å². The third-order valence-corrected chi connectivity index (χ3v) is 5.83. The number of ether oxygens (including phenoxy) is 2. The van der Waals surface area contributed by atoms with Crippen LogP contribution in [0.25, 0.3) is 27.2 Å². The molecule has 6 nitrogen and oxygen atoms in total. The number of rotatable bonds is 5. The molecule has 0 aliphatic rings. The number of benzene rings is 4. The molecule has 0 bridgehead atoms. The molecule has 0 atom stereocenters. The van der Waals surface area contributed by atoms with E-state index in [1.54, 1.807) is 49.7 Å². The zero-order chi connectivity index (χ0) is 23.7. The summed E-state index contributed by atoms with van der Waals surface area (Å²) in [4.78, 5) is 18.1. The van der Waals surface area contributed by atoms with Gasteiger partial charge < -0.3 is 14.6 Å². The minimum atomic E-state index is -0.345. The maximum absolute atomic E-state index is 13.4. The Bertz CT molecular complexity index is 1610. The van der Waals surface area contributed by atoms with Gasteiger partial charge in [-0.2, -0.15) is 0 Å². The van der Waals surface area contributed by atoms with E-state index in [1.807, 2.05) is 48.5 Å². The summed E-state index contributed by atoms with van der Waals surface area (Å²) in [6.07, 6.45) is 1.61. The first kappa shape index (κ1) is 21.3. The number of fused-ring (bicyclic) bond motifs is 2. The van der Waals surface area contributed by atoms with Crippen molar-refractivity contribution in [3.05, 3.63) is 101 Å². The van der Waals surface area contributed by atoms with Gasteiger partial charge in [0.25, 0.3) is 5.56 Å². The fraction of sp³-hybridized carbons (Fsp3) is 0.0714. The van der Waals surface area contributed by atoms with Crippen molar-refractivity contribution in [2.45, 2.75) is 0 Å². The highest BCUT2D eigenvalue weighted by atomic mass is 16.5. The summed E-state index contributed by atoms with van der Waals surface area (Å²) in [7, 11) is 3.06. The maximum atomic E-state index is 13.4. The Hall–Kier alpha value is -4.58. The van der Waals surface area contributed by atoms with E-state index in [9.17, 15) is 9.90 Å². The van der Waals surface area contributed by atoms with Gasteiger partial charge in [-0.3, -0.25) is 9.79 Å². The van der Waals surface area contributed by atoms with Crippen LogP contribution < -0.4 is 15.0 Å². The second-order valence-corrected chi connectivity index (χ2v) is 7.72. The van der Waals surface area contributed by atoms with Crippen molar-refractivity contribution < 1.29 is 14.6 Å². The van der Waals surface area contributed by atoms with Crippen molar-refractivity contribution in [1.82, 2.24) is 4.57 Å². The second-order valence-electron chi connectivity index (χ2n) is 7.72. The average Bonchev–Trinajstić information content (AvgIpc) is 2.88. The van der Waals surface area contributed by atoms with Crippen molar-refractivity contribution in [3.63, 3.8) is 0 Å². The molecule has 6 heteroatoms. The molecule has 4 aromatic carbocycles. The van der Waals surface area contributed by atoms with E-state index in [1.165, 1.54) is 11.7 Å². The van der Waals surface area contributed by atoms with Gasteiger partial charge in [-0.25, -0.2) is 4.57 Å². The third kappa shape index (κ3) is 3.55. The van der Waals surface area contributed by atoms with Crippen LogP contribution in [0.4, 0.5) is 5.69 Å². The lowest BCUT2D eigenvalue weighted by Crippen LogP contribution is -2.20. The van der Waals surface area contributed by atoms with Crippen LogP contribution in [0.15, 0.2) is 94.7 Å². The number of aromatic hydroxyl groups is 1. The molecule has 0 unspecified atom stereocenters. The summed E-state index contributed by atoms with van der Waals surface area (Å²) < 4.78 is 12.0. The minimum Gasteiger partial charge on any atom is -0.494 e. The normalized spacial score (nSPS) is 11.4. The van der Waals surface area contributed by atoms with E-state index in [0.29, 0.717) is 33.5 Å². The van der Waals surface area contributed by atoms with Crippen LogP contribution in [-0.4, -0.2) is 30.1 Å². The smallest absolute Gasteiger partial charge is 0.265 e. The molecule has 34 heavy (non-hydrogen) atoms. The summed E-state index contributed by atoms with van der Waals surface area (Å²) in [5.74, 6) is 0.766. The van der Waals surface area contributed by atoms with Crippen LogP contribution >= 0.6 is 0 Å². The lowest BCUT2D eigenvalue weighted by molar-refractivity contribution is 0.354. The Morgan fingerprint density at radius 3 is 2.24 bits per heavy atom. The van der Waals surface area contributed by atoms with E-state index < -0.39 is 0 Å². The number of aromatic nitrogens is 1. The Morgan fingerprint density at radius 1 is 0.794 bits per heavy atom. The Morgan fingerprint density at radius 2 is 1.47 bits per heavy atom. The number of hydrogen-bond donors (Lipinski definition) is 1. The van der Waals surface area contributed by atoms with Crippen LogP contribution in [0, 0.1) is 0 Å². The van der Waals surface area contributed by atoms with Crippen molar-refractivity contribution in [2.75, 3.05) is 14.2 Å². The molecule has 0 aliphatic heterocycles. The Kier molecular flexibility index (Phi) is 5.47. The van der Waals surface area contributed by atoms with Gasteiger partial charge >= 0.3 is 0 Å². The van der Waals surface area contributed by atoms with Crippen molar-refractivity contribution >= 4 is 33.4 Å². The van der Waals surface area contributed by atoms with Crippen LogP contribution in [0.5, 0.6) is 17.4 Å². The summed E-state index contributed by atoms with van der Waals surface area (Å²) in [6, 6.07) is 26.1. The molecule has 0 amide bonds. The van der Waals surface area contributed by atoms with Gasteiger partial charge in [0.1, 0.15) is 0 Å². The largest absolute Gasteiger partial charge is 0.494 e. The lowest BCUT2D eigenvalue weighted by Gasteiger charge is -2.15. The van der Waals surface area contributed by atoms with Crippen LogP contribution in [0.1, 0.15) is 5.56 Å². The average molecular weight is 450 g/mol. The monoisotopic (exact) mass is 450 g/mol. The standard InChI is InChI=1S/C28H22N2O4/c1-33-25-15-14-19(16-26(25)34-2)30-27(31)22-12-6-5-11-21(22)23(28(30)32)17-29-24-13-7-9-18-8-3-4-10-20(18)24/h3-17,32H,1-2H3. The van der Waals surface area contributed by atoms with Gasteiger partial charge in [0.05, 0.1) is 31.2 Å². The molecular weight excluding hydrogens is 428 g/mol. The molecular formula is C28H22N2O4. The van der Waals surface area contributed by atoms with E-state index in [4.69, 9.17) is 14.5 Å². The Labute approximate surface area is 196 Å². The maximum Gasteiger partial charge on any atom is 0.265 e. The quantitative estimate of drug-likeness (QED) is 0.353. The van der Waals surface area contributed by atoms with Gasteiger partial charge in [-0.1, -0.05) is 54.6 Å². The van der Waals surface area contributed by atoms with Crippen LogP contribution in [0.3, 0.4) is 0 Å². The summed E-state index contributed by atoms with van der Waals surface area (Å²) in [5, 5.41) is 14.5. The summed E-state index contributed by atoms with van der Waals surface area (Å²) in [6.45, 7) is 0. The molecule has 5 aromatic rings. The fourth-order valence-electron chi connectivity index (χ4n) is 4.15. The fourth-order valence-corrected chi connectivity index (χ4v) is 4.15. The molecule has 0 spiro atoms. The number of nitrogens with zero attached hydrogens (tertiary/aromatic N) is 2. The second kappa shape index (κ2) is 8.75. The molecule has 1 aromatic heterocycles. The van der Waals surface area contributed by atoms with E-state index in [2.05, 4.69) is 0 Å². The molecule has 0 saturated heterocycles. The zero-order valence-electron chi connectivity index (χ0n) is 18.7. The van der Waals surface area contributed by atoms with Gasteiger partial charge in [0.2, 0.25) is 5.88 Å². The van der Waals surface area contributed by atoms with Gasteiger partial charge in [-0.05, 0) is 29.7 Å². The lowest BCUT2D eigenvalue weighted by atomic mass is 10.1. The van der Waals surface area contributed by atoms with E-state index >= 15 is 0 Å². The molecule has 1 heterocycles. The first-order chi connectivity index (χ1) is 16.6. The number of aliphatic imine (C=N–C) groups is 1. The number of pyridine rings is 1. The van der Waals surface area contributed by atoms with Crippen LogP contribution in [0.2, 0.25) is 0 Å². The van der Waals surface area contributed by atoms with Gasteiger partial charge in [0.15, 0.2) is 11.5 Å². The molecule has 0 saturated carbocycles. The molecule has 5 rings (SSSR count). The van der Waals surface area contributed by atoms with Crippen molar-refractivity contribution in [3.8, 4) is 23.1 Å². The summed E-state index contributed by atoms with van der Waals surface area (Å²) >= 11 is 0. The molecule has 168 valence electrons. The van der Waals surface area contributed by atoms with Crippen molar-refractivity contribution in [1.29, 1.82) is 0 Å². The van der Waals surface area contributed by atoms with Gasteiger partial charge in [-0.15, -0.1) is 0 Å². The molecule has 0 aliphatic carbocycles. The van der Waals surface area contributed by atoms with Crippen molar-refractivity contribution in [2.24, 2.45) is 4.99 Å². The Balaban J connectivity index is 1.75. The topological polar surface area (TPSA) is 73.0 Å². The first-order valence-corrected chi connectivity index (χ1v) is 10.7. The van der Waals surface area contributed by atoms with Gasteiger partial charge in [0, 0.05) is 28.4 Å². The highest BCUT2D eigenvalue weighted by Crippen LogP contribution is 2.33. The number of methoxy groups -OCH3 is 2. The van der Waals surface area contributed by atoms with Crippen LogP contribution in [-0.2, 0) is 0 Å². The molecule has 1 N–H and O–H groups in total. The predicted molar refractivity (Wildman–Crippen MR) is 136 cm³/mol. The van der Waals surface area contributed by atoms with E-state index in [-0.39, 0.29) is 11.4 Å². The summed E-state index contributed by atoms with van der Waals surface area (Å²) in [5.41, 5.74) is 1.32. The minimum absolute atomic E-state index is 0.208. The highest BCUT2D eigenvalue weighted by molar-refractivity contribution is 6.04. The highest BCUT2D eigenvalue weighted by Gasteiger charge is 2.17. The SMILES string of the molecule is COc1ccc(-n2c(O)c(C=Nc3cccc4ccccc34)c3ccccc3c2=O)cc1OC. The zero-order valence-corrected chi connectivity index (χ0v) is 18.7. The predicted octanol–water partition coefficient (Wildman–Crippen LogP) is 5.62. The molecule has 0 radical (unpaired) electrons. The third-order valence-electron chi connectivity index (χ3n) is 5.83.